The molecule has 166 valence electrons. The summed E-state index contributed by atoms with van der Waals surface area (Å²) in [5.41, 5.74) is 1.83. The van der Waals surface area contributed by atoms with Gasteiger partial charge in [-0.25, -0.2) is 0 Å². The summed E-state index contributed by atoms with van der Waals surface area (Å²) in [6, 6.07) is 38.1. The molecule has 0 saturated heterocycles. The van der Waals surface area contributed by atoms with E-state index in [0.717, 1.165) is 23.2 Å². The lowest BCUT2D eigenvalue weighted by molar-refractivity contribution is -0.115. The Hall–Kier alpha value is -3.42. The smallest absolute Gasteiger partial charge is 0.224 e. The first-order valence-electron chi connectivity index (χ1n) is 11.2. The normalized spacial score (nSPS) is 11.1. The van der Waals surface area contributed by atoms with E-state index in [1.54, 1.807) is 7.11 Å². The molecule has 4 aromatic rings. The molecule has 33 heavy (non-hydrogen) atoms. The standard InChI is InChI=1S/C29H28NO2P/c1-3-29(31)30-27-20-13-21-28(32-2)26(27)22-33(23-14-7-4-8-15-23,24-16-9-5-10-17-24)25-18-11-6-12-19-25/h4-21H,3,22H2,1-2H3/p+1. The molecular weight excluding hydrogens is 425 g/mol. The van der Waals surface area contributed by atoms with E-state index >= 15 is 0 Å². The van der Waals surface area contributed by atoms with Crippen LogP contribution in [0.3, 0.4) is 0 Å². The topological polar surface area (TPSA) is 38.3 Å². The van der Waals surface area contributed by atoms with E-state index in [0.29, 0.717) is 6.42 Å². The van der Waals surface area contributed by atoms with E-state index in [1.807, 2.05) is 25.1 Å². The maximum Gasteiger partial charge on any atom is 0.224 e. The van der Waals surface area contributed by atoms with E-state index in [1.165, 1.54) is 15.9 Å². The summed E-state index contributed by atoms with van der Waals surface area (Å²) in [7, 11) is -0.433. The first kappa shape index (κ1) is 22.8. The van der Waals surface area contributed by atoms with Crippen molar-refractivity contribution in [3.63, 3.8) is 0 Å². The number of benzene rings is 4. The average molecular weight is 455 g/mol. The minimum atomic E-state index is -2.13. The van der Waals surface area contributed by atoms with Crippen LogP contribution in [0.5, 0.6) is 5.75 Å². The first-order valence-corrected chi connectivity index (χ1v) is 13.2. The number of carbonyl (C=O) groups is 1. The fraction of sp³-hybridized carbons (Fsp3) is 0.138. The molecule has 0 atom stereocenters. The maximum atomic E-state index is 12.4. The molecule has 0 bridgehead atoms. The molecular formula is C29H29NO2P+. The second-order valence-electron chi connectivity index (χ2n) is 7.86. The van der Waals surface area contributed by atoms with E-state index in [-0.39, 0.29) is 5.91 Å². The maximum absolute atomic E-state index is 12.4. The number of anilines is 1. The van der Waals surface area contributed by atoms with E-state index in [4.69, 9.17) is 4.74 Å². The molecule has 3 nitrogen and oxygen atoms in total. The van der Waals surface area contributed by atoms with Gasteiger partial charge < -0.3 is 10.1 Å². The number of rotatable bonds is 8. The Morgan fingerprint density at radius 2 is 1.21 bits per heavy atom. The Labute approximate surface area is 196 Å². The van der Waals surface area contributed by atoms with Gasteiger partial charge in [0.25, 0.3) is 0 Å². The summed E-state index contributed by atoms with van der Waals surface area (Å²) in [4.78, 5) is 12.4. The zero-order valence-corrected chi connectivity index (χ0v) is 20.0. The van der Waals surface area contributed by atoms with Gasteiger partial charge in [-0.2, -0.15) is 0 Å². The molecule has 0 unspecified atom stereocenters. The van der Waals surface area contributed by atoms with Crippen LogP contribution >= 0.6 is 7.26 Å². The Kier molecular flexibility index (Phi) is 7.22. The van der Waals surface area contributed by atoms with E-state index in [9.17, 15) is 4.79 Å². The molecule has 1 amide bonds. The highest BCUT2D eigenvalue weighted by Gasteiger charge is 2.46. The number of nitrogens with one attached hydrogen (secondary N) is 1. The Bertz CT molecular complexity index is 1100. The minimum absolute atomic E-state index is 0.00688. The van der Waals surface area contributed by atoms with Gasteiger partial charge in [0.05, 0.1) is 18.4 Å². The lowest BCUT2D eigenvalue weighted by atomic mass is 10.1. The van der Waals surface area contributed by atoms with Gasteiger partial charge in [0, 0.05) is 6.42 Å². The molecule has 0 aliphatic carbocycles. The van der Waals surface area contributed by atoms with Crippen LogP contribution in [0.15, 0.2) is 109 Å². The highest BCUT2D eigenvalue weighted by molar-refractivity contribution is 7.95. The fourth-order valence-electron chi connectivity index (χ4n) is 4.28. The van der Waals surface area contributed by atoms with Gasteiger partial charge in [0.2, 0.25) is 5.91 Å². The third-order valence-electron chi connectivity index (χ3n) is 5.93. The van der Waals surface area contributed by atoms with Gasteiger partial charge >= 0.3 is 0 Å². The number of methoxy groups -OCH3 is 1. The van der Waals surface area contributed by atoms with E-state index < -0.39 is 7.26 Å². The molecule has 0 aliphatic rings. The zero-order valence-electron chi connectivity index (χ0n) is 19.1. The molecule has 0 spiro atoms. The van der Waals surface area contributed by atoms with Crippen LogP contribution in [-0.4, -0.2) is 13.0 Å². The predicted molar refractivity (Wildman–Crippen MR) is 141 cm³/mol. The summed E-state index contributed by atoms with van der Waals surface area (Å²) in [6.07, 6.45) is 1.15. The van der Waals surface area contributed by atoms with Crippen LogP contribution in [0.4, 0.5) is 5.69 Å². The third-order valence-corrected chi connectivity index (χ3v) is 10.3. The summed E-state index contributed by atoms with van der Waals surface area (Å²) >= 11 is 0. The lowest BCUT2D eigenvalue weighted by Crippen LogP contribution is -2.32. The predicted octanol–water partition coefficient (Wildman–Crippen LogP) is 5.54. The quantitative estimate of drug-likeness (QED) is 0.355. The number of carbonyl (C=O) groups excluding carboxylic acids is 1. The Morgan fingerprint density at radius 1 is 0.727 bits per heavy atom. The summed E-state index contributed by atoms with van der Waals surface area (Å²) < 4.78 is 5.82. The van der Waals surface area contributed by atoms with E-state index in [2.05, 4.69) is 96.3 Å². The second kappa shape index (κ2) is 10.5. The molecule has 0 saturated carbocycles. The molecule has 4 heteroatoms. The van der Waals surface area contributed by atoms with Crippen molar-refractivity contribution in [1.29, 1.82) is 0 Å². The molecule has 1 N–H and O–H groups in total. The van der Waals surface area contributed by atoms with Crippen LogP contribution in [-0.2, 0) is 11.0 Å². The largest absolute Gasteiger partial charge is 0.496 e. The lowest BCUT2D eigenvalue weighted by Gasteiger charge is -2.29. The number of ether oxygens (including phenoxy) is 1. The van der Waals surface area contributed by atoms with Gasteiger partial charge in [0.15, 0.2) is 0 Å². The third kappa shape index (κ3) is 4.69. The van der Waals surface area contributed by atoms with Crippen LogP contribution in [0.1, 0.15) is 18.9 Å². The van der Waals surface area contributed by atoms with Crippen molar-refractivity contribution in [2.45, 2.75) is 19.5 Å². The van der Waals surface area contributed by atoms with Crippen molar-refractivity contribution in [2.75, 3.05) is 12.4 Å². The number of hydrogen-bond acceptors (Lipinski definition) is 2. The summed E-state index contributed by atoms with van der Waals surface area (Å²) in [5.74, 6) is 0.781. The SMILES string of the molecule is CCC(=O)Nc1cccc(OC)c1C[P+](c1ccccc1)(c1ccccc1)c1ccccc1. The van der Waals surface area contributed by atoms with Crippen molar-refractivity contribution in [3.8, 4) is 5.75 Å². The van der Waals surface area contributed by atoms with Crippen molar-refractivity contribution in [1.82, 2.24) is 0 Å². The second-order valence-corrected chi connectivity index (χ2v) is 11.3. The molecule has 0 radical (unpaired) electrons. The number of hydrogen-bond donors (Lipinski definition) is 1. The highest BCUT2D eigenvalue weighted by Crippen LogP contribution is 2.59. The summed E-state index contributed by atoms with van der Waals surface area (Å²) in [6.45, 7) is 1.87. The molecule has 0 aromatic heterocycles. The van der Waals surface area contributed by atoms with Gasteiger partial charge in [-0.15, -0.1) is 0 Å². The van der Waals surface area contributed by atoms with Crippen LogP contribution in [0.25, 0.3) is 0 Å². The molecule has 0 aliphatic heterocycles. The van der Waals surface area contributed by atoms with Gasteiger partial charge in [-0.3, -0.25) is 4.79 Å². The average Bonchev–Trinajstić information content (AvgIpc) is 2.89. The highest BCUT2D eigenvalue weighted by atomic mass is 31.2. The van der Waals surface area contributed by atoms with Crippen LogP contribution in [0, 0.1) is 0 Å². The van der Waals surface area contributed by atoms with Crippen molar-refractivity contribution >= 4 is 34.8 Å². The van der Waals surface area contributed by atoms with Crippen molar-refractivity contribution < 1.29 is 9.53 Å². The summed E-state index contributed by atoms with van der Waals surface area (Å²) in [5, 5.41) is 6.99. The van der Waals surface area contributed by atoms with Gasteiger partial charge in [-0.1, -0.05) is 67.6 Å². The monoisotopic (exact) mass is 454 g/mol. The minimum Gasteiger partial charge on any atom is -0.496 e. The van der Waals surface area contributed by atoms with Crippen LogP contribution < -0.4 is 26.0 Å². The Balaban J connectivity index is 2.01. The van der Waals surface area contributed by atoms with Gasteiger partial charge in [-0.05, 0) is 48.5 Å². The molecule has 4 aromatic carbocycles. The number of amides is 1. The van der Waals surface area contributed by atoms with Crippen molar-refractivity contribution in [2.24, 2.45) is 0 Å². The van der Waals surface area contributed by atoms with Crippen LogP contribution in [0.2, 0.25) is 0 Å². The first-order chi connectivity index (χ1) is 16.2. The molecule has 4 rings (SSSR count). The van der Waals surface area contributed by atoms with Crippen molar-refractivity contribution in [3.05, 3.63) is 115 Å². The fourth-order valence-corrected chi connectivity index (χ4v) is 8.57. The van der Waals surface area contributed by atoms with Gasteiger partial charge in [0.1, 0.15) is 35.1 Å². The Morgan fingerprint density at radius 3 is 1.64 bits per heavy atom. The zero-order chi connectivity index (χ0) is 23.1. The molecule has 0 heterocycles. The molecule has 0 fully saturated rings.